The standard InChI is InChI=1S/C17H31N3O2/c1-5-17(9-6-10-18-17)16(22)20-11-7-14(8-12-20)15(21)19(4)13(2)3/h13-14,18H,5-12H2,1-4H3/t17-/m1/s1. The lowest BCUT2D eigenvalue weighted by atomic mass is 9.89. The molecule has 0 aromatic carbocycles. The molecule has 0 saturated carbocycles. The molecule has 0 unspecified atom stereocenters. The highest BCUT2D eigenvalue weighted by molar-refractivity contribution is 5.87. The van der Waals surface area contributed by atoms with Gasteiger partial charge in [0.1, 0.15) is 0 Å². The molecule has 5 heteroatoms. The van der Waals surface area contributed by atoms with Crippen molar-refractivity contribution < 1.29 is 9.59 Å². The van der Waals surface area contributed by atoms with Crippen molar-refractivity contribution in [2.75, 3.05) is 26.7 Å². The van der Waals surface area contributed by atoms with Crippen molar-refractivity contribution in [2.24, 2.45) is 5.92 Å². The van der Waals surface area contributed by atoms with E-state index < -0.39 is 0 Å². The summed E-state index contributed by atoms with van der Waals surface area (Å²) in [5, 5.41) is 3.42. The molecule has 0 aromatic heterocycles. The molecule has 0 aliphatic carbocycles. The van der Waals surface area contributed by atoms with Gasteiger partial charge in [-0.15, -0.1) is 0 Å². The van der Waals surface area contributed by atoms with E-state index in [1.807, 2.05) is 30.7 Å². The summed E-state index contributed by atoms with van der Waals surface area (Å²) in [6, 6.07) is 0.234. The third-order valence-electron chi connectivity index (χ3n) is 5.51. The first-order valence-corrected chi connectivity index (χ1v) is 8.72. The van der Waals surface area contributed by atoms with E-state index in [2.05, 4.69) is 12.2 Å². The quantitative estimate of drug-likeness (QED) is 0.858. The Kier molecular flexibility index (Phi) is 5.48. The average Bonchev–Trinajstić information content (AvgIpc) is 3.03. The Morgan fingerprint density at radius 2 is 1.95 bits per heavy atom. The summed E-state index contributed by atoms with van der Waals surface area (Å²) in [5.74, 6) is 0.549. The highest BCUT2D eigenvalue weighted by atomic mass is 16.2. The summed E-state index contributed by atoms with van der Waals surface area (Å²) in [6.07, 6.45) is 4.45. The smallest absolute Gasteiger partial charge is 0.242 e. The van der Waals surface area contributed by atoms with Crippen LogP contribution in [0.4, 0.5) is 0 Å². The van der Waals surface area contributed by atoms with Gasteiger partial charge in [-0.05, 0) is 52.5 Å². The van der Waals surface area contributed by atoms with Gasteiger partial charge in [-0.1, -0.05) is 6.92 Å². The van der Waals surface area contributed by atoms with Crippen molar-refractivity contribution in [3.8, 4) is 0 Å². The van der Waals surface area contributed by atoms with Crippen LogP contribution in [0.1, 0.15) is 52.9 Å². The van der Waals surface area contributed by atoms with Crippen molar-refractivity contribution in [2.45, 2.75) is 64.5 Å². The van der Waals surface area contributed by atoms with E-state index in [4.69, 9.17) is 0 Å². The Bertz CT molecular complexity index is 408. The molecule has 1 atom stereocenters. The first-order valence-electron chi connectivity index (χ1n) is 8.72. The normalized spacial score (nSPS) is 26.5. The number of likely N-dealkylation sites (tertiary alicyclic amines) is 1. The maximum Gasteiger partial charge on any atom is 0.242 e. The van der Waals surface area contributed by atoms with Crippen LogP contribution in [0, 0.1) is 5.92 Å². The predicted octanol–water partition coefficient (Wildman–Crippen LogP) is 1.62. The van der Waals surface area contributed by atoms with Crippen LogP contribution >= 0.6 is 0 Å². The number of hydrogen-bond acceptors (Lipinski definition) is 3. The van der Waals surface area contributed by atoms with Gasteiger partial charge < -0.3 is 15.1 Å². The topological polar surface area (TPSA) is 52.7 Å². The van der Waals surface area contributed by atoms with Crippen LogP contribution in [0.25, 0.3) is 0 Å². The molecule has 126 valence electrons. The zero-order valence-electron chi connectivity index (χ0n) is 14.5. The molecule has 0 radical (unpaired) electrons. The van der Waals surface area contributed by atoms with Gasteiger partial charge in [0.05, 0.1) is 5.54 Å². The number of piperidine rings is 1. The Balaban J connectivity index is 1.92. The van der Waals surface area contributed by atoms with E-state index >= 15 is 0 Å². The highest BCUT2D eigenvalue weighted by Crippen LogP contribution is 2.28. The van der Waals surface area contributed by atoms with Gasteiger partial charge in [0, 0.05) is 32.1 Å². The minimum atomic E-state index is -0.342. The summed E-state index contributed by atoms with van der Waals surface area (Å²) in [4.78, 5) is 29.0. The second kappa shape index (κ2) is 6.99. The van der Waals surface area contributed by atoms with Crippen LogP contribution < -0.4 is 5.32 Å². The maximum absolute atomic E-state index is 12.8. The Hall–Kier alpha value is -1.10. The maximum atomic E-state index is 12.8. The molecule has 0 bridgehead atoms. The fourth-order valence-electron chi connectivity index (χ4n) is 3.62. The fraction of sp³-hybridized carbons (Fsp3) is 0.882. The zero-order chi connectivity index (χ0) is 16.3. The molecule has 2 rings (SSSR count). The van der Waals surface area contributed by atoms with Crippen LogP contribution in [-0.2, 0) is 9.59 Å². The molecule has 1 N–H and O–H groups in total. The van der Waals surface area contributed by atoms with Crippen LogP contribution in [0.5, 0.6) is 0 Å². The molecular weight excluding hydrogens is 278 g/mol. The first kappa shape index (κ1) is 17.3. The molecule has 0 spiro atoms. The molecule has 2 fully saturated rings. The molecule has 2 saturated heterocycles. The van der Waals surface area contributed by atoms with Crippen molar-refractivity contribution in [1.82, 2.24) is 15.1 Å². The Morgan fingerprint density at radius 3 is 2.41 bits per heavy atom. The van der Waals surface area contributed by atoms with Gasteiger partial charge in [-0.2, -0.15) is 0 Å². The minimum absolute atomic E-state index is 0.0746. The van der Waals surface area contributed by atoms with Crippen molar-refractivity contribution in [1.29, 1.82) is 0 Å². The van der Waals surface area contributed by atoms with Crippen molar-refractivity contribution >= 4 is 11.8 Å². The average molecular weight is 309 g/mol. The van der Waals surface area contributed by atoms with Gasteiger partial charge >= 0.3 is 0 Å². The molecule has 2 aliphatic heterocycles. The van der Waals surface area contributed by atoms with Crippen LogP contribution in [0.2, 0.25) is 0 Å². The number of nitrogens with one attached hydrogen (secondary N) is 1. The second-order valence-corrected chi connectivity index (χ2v) is 7.08. The van der Waals surface area contributed by atoms with Gasteiger partial charge in [-0.3, -0.25) is 9.59 Å². The zero-order valence-corrected chi connectivity index (χ0v) is 14.5. The first-order chi connectivity index (χ1) is 10.4. The molecule has 2 heterocycles. The number of carbonyl (C=O) groups is 2. The fourth-order valence-corrected chi connectivity index (χ4v) is 3.62. The van der Waals surface area contributed by atoms with Crippen LogP contribution in [0.3, 0.4) is 0 Å². The van der Waals surface area contributed by atoms with Crippen LogP contribution in [-0.4, -0.2) is 59.9 Å². The van der Waals surface area contributed by atoms with Crippen molar-refractivity contribution in [3.05, 3.63) is 0 Å². The largest absolute Gasteiger partial charge is 0.343 e. The predicted molar refractivity (Wildman–Crippen MR) is 87.5 cm³/mol. The van der Waals surface area contributed by atoms with E-state index in [0.29, 0.717) is 13.1 Å². The molecule has 0 aromatic rings. The molecule has 22 heavy (non-hydrogen) atoms. The Morgan fingerprint density at radius 1 is 1.32 bits per heavy atom. The van der Waals surface area contributed by atoms with Crippen LogP contribution in [0.15, 0.2) is 0 Å². The van der Waals surface area contributed by atoms with Crippen molar-refractivity contribution in [3.63, 3.8) is 0 Å². The van der Waals surface area contributed by atoms with E-state index in [9.17, 15) is 9.59 Å². The molecular formula is C17H31N3O2. The monoisotopic (exact) mass is 309 g/mol. The van der Waals surface area contributed by atoms with Gasteiger partial charge in [0.2, 0.25) is 11.8 Å². The lowest BCUT2D eigenvalue weighted by Crippen LogP contribution is -2.56. The number of hydrogen-bond donors (Lipinski definition) is 1. The van der Waals surface area contributed by atoms with Gasteiger partial charge in [0.25, 0.3) is 0 Å². The molecule has 2 amide bonds. The summed E-state index contributed by atoms with van der Waals surface area (Å²) in [7, 11) is 1.87. The number of amides is 2. The van der Waals surface area contributed by atoms with E-state index in [-0.39, 0.29) is 29.3 Å². The third-order valence-corrected chi connectivity index (χ3v) is 5.51. The summed E-state index contributed by atoms with van der Waals surface area (Å²) in [5.41, 5.74) is -0.342. The number of rotatable bonds is 4. The second-order valence-electron chi connectivity index (χ2n) is 7.08. The lowest BCUT2D eigenvalue weighted by molar-refractivity contribution is -0.144. The lowest BCUT2D eigenvalue weighted by Gasteiger charge is -2.39. The van der Waals surface area contributed by atoms with Gasteiger partial charge in [-0.25, -0.2) is 0 Å². The highest BCUT2D eigenvalue weighted by Gasteiger charge is 2.43. The molecule has 5 nitrogen and oxygen atoms in total. The van der Waals surface area contributed by atoms with E-state index in [0.717, 1.165) is 38.6 Å². The molecule has 2 aliphatic rings. The minimum Gasteiger partial charge on any atom is -0.343 e. The Labute approximate surface area is 134 Å². The summed E-state index contributed by atoms with van der Waals surface area (Å²) in [6.45, 7) is 8.52. The summed E-state index contributed by atoms with van der Waals surface area (Å²) < 4.78 is 0. The third kappa shape index (κ3) is 3.29. The summed E-state index contributed by atoms with van der Waals surface area (Å²) >= 11 is 0. The van der Waals surface area contributed by atoms with Gasteiger partial charge in [0.15, 0.2) is 0 Å². The number of nitrogens with zero attached hydrogens (tertiary/aromatic N) is 2. The van der Waals surface area contributed by atoms with E-state index in [1.165, 1.54) is 0 Å². The SMILES string of the molecule is CC[C@]1(C(=O)N2CCC(C(=O)N(C)C(C)C)CC2)CCCN1. The number of carbonyl (C=O) groups excluding carboxylic acids is 2. The van der Waals surface area contributed by atoms with E-state index in [1.54, 1.807) is 0 Å².